The van der Waals surface area contributed by atoms with Crippen LogP contribution in [0.3, 0.4) is 0 Å². The first-order valence-corrected chi connectivity index (χ1v) is 16.2. The van der Waals surface area contributed by atoms with Gasteiger partial charge in [-0.15, -0.1) is 0 Å². The molecule has 9 heteroatoms. The van der Waals surface area contributed by atoms with Crippen LogP contribution in [0.4, 0.5) is 22.0 Å². The van der Waals surface area contributed by atoms with Crippen molar-refractivity contribution in [3.63, 3.8) is 0 Å². The molecule has 3 unspecified atom stereocenters. The summed E-state index contributed by atoms with van der Waals surface area (Å²) in [6, 6.07) is 1.77. The first-order valence-electron chi connectivity index (χ1n) is 18.0. The van der Waals surface area contributed by atoms with E-state index in [2.05, 4.69) is 6.92 Å². The summed E-state index contributed by atoms with van der Waals surface area (Å²) in [6.07, 6.45) is -0.581. The highest BCUT2D eigenvalue weighted by atomic mass is 32.2. The third-order valence-corrected chi connectivity index (χ3v) is 10.9. The van der Waals surface area contributed by atoms with Gasteiger partial charge >= 0.3 is 12.1 Å². The Balaban J connectivity index is 1.27. The lowest BCUT2D eigenvalue weighted by Crippen LogP contribution is -2.47. The standard InChI is InChI=1S/C32H47F5O3S/c1-30-17-15-26-25-12-11-24(38)21-23(25)20-22(29(26)27(30)13-14-28(30)39)10-7-5-3-2-4-6-8-18-41(40)19-9-16-31(33,34)32(35,36)37/h11-12,21-22,26-29,38-39H,2-10,13-20H2,1H3/t22-,26?,27+,28+,29?,30+,41?/m1/s1/i11D,18D2,19D2,21D. The minimum Gasteiger partial charge on any atom is -0.508 e. The van der Waals surface area contributed by atoms with E-state index >= 15 is 0 Å². The number of phenols is 1. The van der Waals surface area contributed by atoms with Crippen molar-refractivity contribution in [1.29, 1.82) is 0 Å². The molecule has 1 aromatic rings. The highest BCUT2D eigenvalue weighted by molar-refractivity contribution is 7.84. The molecule has 0 aliphatic heterocycles. The summed E-state index contributed by atoms with van der Waals surface area (Å²) in [5, 5.41) is 21.2. The summed E-state index contributed by atoms with van der Waals surface area (Å²) in [4.78, 5) is 0. The zero-order valence-corrected chi connectivity index (χ0v) is 24.5. The third kappa shape index (κ3) is 7.66. The normalized spacial score (nSPS) is 33.3. The largest absolute Gasteiger partial charge is 0.508 e. The number of aromatic hydroxyl groups is 1. The molecular weight excluding hydrogens is 559 g/mol. The van der Waals surface area contributed by atoms with Crippen LogP contribution in [0.1, 0.15) is 122 Å². The number of alkyl halides is 5. The van der Waals surface area contributed by atoms with Crippen LogP contribution < -0.4 is 0 Å². The van der Waals surface area contributed by atoms with Crippen LogP contribution in [0.5, 0.6) is 5.75 Å². The number of phenolic OH excluding ortho intramolecular Hbond substituents is 1. The maximum Gasteiger partial charge on any atom is 0.453 e. The van der Waals surface area contributed by atoms with Crippen molar-refractivity contribution in [3.8, 4) is 5.75 Å². The van der Waals surface area contributed by atoms with Crippen molar-refractivity contribution >= 4 is 10.8 Å². The lowest BCUT2D eigenvalue weighted by atomic mass is 9.52. The Morgan fingerprint density at radius 3 is 2.39 bits per heavy atom. The van der Waals surface area contributed by atoms with E-state index in [1.165, 1.54) is 0 Å². The predicted octanol–water partition coefficient (Wildman–Crippen LogP) is 8.68. The lowest BCUT2D eigenvalue weighted by molar-refractivity contribution is -0.284. The number of hydrogen-bond acceptors (Lipinski definition) is 3. The third-order valence-electron chi connectivity index (χ3n) is 10.00. The fourth-order valence-corrected chi connectivity index (χ4v) is 8.48. The summed E-state index contributed by atoms with van der Waals surface area (Å²) in [6.45, 7) is 2.19. The average Bonchev–Trinajstić information content (AvgIpc) is 3.29. The van der Waals surface area contributed by atoms with Gasteiger partial charge in [0.15, 0.2) is 0 Å². The van der Waals surface area contributed by atoms with E-state index in [1.807, 2.05) is 0 Å². The maximum absolute atomic E-state index is 13.2. The number of unbranched alkanes of at least 4 members (excludes halogenated alkanes) is 5. The topological polar surface area (TPSA) is 57.5 Å². The average molecular weight is 613 g/mol. The molecule has 2 fully saturated rings. The summed E-state index contributed by atoms with van der Waals surface area (Å²) < 4.78 is 125. The predicted molar refractivity (Wildman–Crippen MR) is 153 cm³/mol. The van der Waals surface area contributed by atoms with Crippen molar-refractivity contribution < 1.29 is 44.6 Å². The summed E-state index contributed by atoms with van der Waals surface area (Å²) in [5.41, 5.74) is -3.94. The van der Waals surface area contributed by atoms with Gasteiger partial charge in [-0.2, -0.15) is 22.0 Å². The Bertz CT molecular complexity index is 1300. The first-order chi connectivity index (χ1) is 21.6. The monoisotopic (exact) mass is 612 g/mol. The van der Waals surface area contributed by atoms with Gasteiger partial charge in [-0.25, -0.2) is 0 Å². The number of rotatable bonds is 14. The van der Waals surface area contributed by atoms with Crippen molar-refractivity contribution in [3.05, 3.63) is 29.3 Å². The summed E-state index contributed by atoms with van der Waals surface area (Å²) >= 11 is 0. The second-order valence-electron chi connectivity index (χ2n) is 12.5. The van der Waals surface area contributed by atoms with Crippen molar-refractivity contribution in [2.24, 2.45) is 23.2 Å². The Morgan fingerprint density at radius 2 is 1.68 bits per heavy atom. The van der Waals surface area contributed by atoms with E-state index in [1.54, 1.807) is 6.07 Å². The van der Waals surface area contributed by atoms with Gasteiger partial charge in [0.2, 0.25) is 0 Å². The van der Waals surface area contributed by atoms with Crippen LogP contribution >= 0.6 is 0 Å². The molecule has 2 saturated carbocycles. The van der Waals surface area contributed by atoms with Gasteiger partial charge in [0.25, 0.3) is 0 Å². The molecule has 3 aliphatic carbocycles. The van der Waals surface area contributed by atoms with Gasteiger partial charge in [0, 0.05) is 34.1 Å². The molecule has 0 heterocycles. The fraction of sp³-hybridized carbons (Fsp3) is 0.812. The molecule has 1 aromatic carbocycles. The van der Waals surface area contributed by atoms with Crippen LogP contribution in [0.25, 0.3) is 0 Å². The molecule has 0 radical (unpaired) electrons. The second-order valence-corrected chi connectivity index (χ2v) is 13.6. The zero-order valence-electron chi connectivity index (χ0n) is 29.7. The molecular formula is C32H47F5O3S. The van der Waals surface area contributed by atoms with Crippen LogP contribution in [0.15, 0.2) is 18.2 Å². The van der Waals surface area contributed by atoms with E-state index in [4.69, 9.17) is 8.22 Å². The second kappa shape index (κ2) is 13.6. The lowest BCUT2D eigenvalue weighted by Gasteiger charge is -2.53. The van der Waals surface area contributed by atoms with Gasteiger partial charge in [-0.3, -0.25) is 4.21 Å². The van der Waals surface area contributed by atoms with Gasteiger partial charge < -0.3 is 10.2 Å². The number of hydrogen-bond donors (Lipinski definition) is 2. The molecule has 4 rings (SSSR count). The Morgan fingerprint density at radius 1 is 1.02 bits per heavy atom. The number of aliphatic hydroxyl groups excluding tert-OH is 1. The summed E-state index contributed by atoms with van der Waals surface area (Å²) in [5.74, 6) is -4.31. The molecule has 3 aliphatic rings. The minimum absolute atomic E-state index is 0.0191. The summed E-state index contributed by atoms with van der Waals surface area (Å²) in [7, 11) is -2.94. The molecule has 41 heavy (non-hydrogen) atoms. The molecule has 2 N–H and O–H groups in total. The molecule has 0 spiro atoms. The van der Waals surface area contributed by atoms with E-state index in [0.717, 1.165) is 68.9 Å². The van der Waals surface area contributed by atoms with E-state index < -0.39 is 47.1 Å². The van der Waals surface area contributed by atoms with E-state index in [-0.39, 0.29) is 54.0 Å². The van der Waals surface area contributed by atoms with Gasteiger partial charge in [-0.1, -0.05) is 51.5 Å². The minimum atomic E-state index is -5.87. The van der Waals surface area contributed by atoms with Gasteiger partial charge in [0.1, 0.15) is 5.75 Å². The van der Waals surface area contributed by atoms with Gasteiger partial charge in [0.05, 0.1) is 8.85 Å². The molecule has 234 valence electrons. The molecule has 0 amide bonds. The molecule has 0 bridgehead atoms. The molecule has 0 aromatic heterocycles. The SMILES string of the molecule is [2H]c1cc2c(c([2H])c1O)C[C@@H](CCCCCCCCC([2H])([2H])S(=O)C([2H])([2H])CCC(F)(F)C(F)(F)F)C1C2CC[C@]2(C)[C@@H](O)CC[C@@H]12. The van der Waals surface area contributed by atoms with E-state index in [0.29, 0.717) is 24.7 Å². The quantitative estimate of drug-likeness (QED) is 0.163. The molecule has 3 nitrogen and oxygen atoms in total. The smallest absolute Gasteiger partial charge is 0.453 e. The Labute approximate surface area is 252 Å². The van der Waals surface area contributed by atoms with Crippen LogP contribution in [0.2, 0.25) is 0 Å². The van der Waals surface area contributed by atoms with Crippen LogP contribution in [-0.4, -0.2) is 44.0 Å². The Hall–Kier alpha value is -1.22. The molecule has 7 atom stereocenters. The van der Waals surface area contributed by atoms with E-state index in [9.17, 15) is 36.4 Å². The number of fused-ring (bicyclic) bond motifs is 5. The van der Waals surface area contributed by atoms with Crippen LogP contribution in [0, 0.1) is 23.2 Å². The number of benzene rings is 1. The highest BCUT2D eigenvalue weighted by Crippen LogP contribution is 2.62. The van der Waals surface area contributed by atoms with Crippen molar-refractivity contribution in [1.82, 2.24) is 0 Å². The van der Waals surface area contributed by atoms with Crippen molar-refractivity contribution in [2.45, 2.75) is 127 Å². The fourth-order valence-electron chi connectivity index (χ4n) is 7.76. The first kappa shape index (κ1) is 25.1. The van der Waals surface area contributed by atoms with Crippen molar-refractivity contribution in [2.75, 3.05) is 11.4 Å². The highest BCUT2D eigenvalue weighted by Gasteiger charge is 2.57. The maximum atomic E-state index is 13.2. The van der Waals surface area contributed by atoms with Crippen LogP contribution in [-0.2, 0) is 17.2 Å². The number of aliphatic hydroxyl groups is 1. The zero-order chi connectivity index (χ0) is 35.2. The van der Waals surface area contributed by atoms with Gasteiger partial charge in [-0.05, 0) is 104 Å². The number of halogens is 5. The molecule has 0 saturated heterocycles. The Kier molecular flexibility index (Phi) is 8.34.